The lowest BCUT2D eigenvalue weighted by atomic mass is 10.1. The van der Waals surface area contributed by atoms with Crippen molar-refractivity contribution in [2.24, 2.45) is 0 Å². The van der Waals surface area contributed by atoms with E-state index in [0.29, 0.717) is 0 Å². The smallest absolute Gasteiger partial charge is 0.140 e. The molecule has 6 nitrogen and oxygen atoms in total. The van der Waals surface area contributed by atoms with Crippen molar-refractivity contribution in [3.63, 3.8) is 0 Å². The number of rotatable bonds is 5. The molecule has 0 saturated carbocycles. The highest BCUT2D eigenvalue weighted by Gasteiger charge is 2.12. The van der Waals surface area contributed by atoms with Gasteiger partial charge in [-0.05, 0) is 24.1 Å². The third kappa shape index (κ3) is 2.78. The average Bonchev–Trinajstić information content (AvgIpc) is 3.24. The number of nitrogens with one attached hydrogen (secondary N) is 2. The standard InChI is InChI=1S/C18H18N6/c1-2-3-13-10-21-18(23-13)14-11-22-24-16(14)8-12-4-5-15-17(9-12)20-7-6-19-15/h4-7,9-11H,2-3,8H2,1H3,(H,21,23)(H,22,24). The molecule has 0 bridgehead atoms. The summed E-state index contributed by atoms with van der Waals surface area (Å²) in [6.45, 7) is 2.16. The zero-order valence-electron chi connectivity index (χ0n) is 13.5. The monoisotopic (exact) mass is 318 g/mol. The van der Waals surface area contributed by atoms with Crippen molar-refractivity contribution in [2.75, 3.05) is 0 Å². The van der Waals surface area contributed by atoms with Crippen molar-refractivity contribution in [3.05, 3.63) is 59.9 Å². The summed E-state index contributed by atoms with van der Waals surface area (Å²) in [6, 6.07) is 6.14. The molecule has 0 unspecified atom stereocenters. The van der Waals surface area contributed by atoms with Crippen LogP contribution in [0, 0.1) is 0 Å². The van der Waals surface area contributed by atoms with Crippen LogP contribution in [0.25, 0.3) is 22.4 Å². The molecule has 6 heteroatoms. The molecule has 3 heterocycles. The van der Waals surface area contributed by atoms with Gasteiger partial charge in [0.25, 0.3) is 0 Å². The molecule has 0 spiro atoms. The fourth-order valence-corrected chi connectivity index (χ4v) is 2.87. The third-order valence-electron chi connectivity index (χ3n) is 4.04. The van der Waals surface area contributed by atoms with Gasteiger partial charge in [-0.1, -0.05) is 19.4 Å². The number of fused-ring (bicyclic) bond motifs is 1. The molecule has 24 heavy (non-hydrogen) atoms. The highest BCUT2D eigenvalue weighted by Crippen LogP contribution is 2.22. The summed E-state index contributed by atoms with van der Waals surface area (Å²) in [6.07, 6.45) is 9.99. The van der Waals surface area contributed by atoms with Crippen LogP contribution in [0.2, 0.25) is 0 Å². The van der Waals surface area contributed by atoms with Crippen LogP contribution in [-0.4, -0.2) is 30.1 Å². The molecule has 0 radical (unpaired) electrons. The number of nitrogens with zero attached hydrogens (tertiary/aromatic N) is 4. The lowest BCUT2D eigenvalue weighted by molar-refractivity contribution is 0.893. The van der Waals surface area contributed by atoms with Gasteiger partial charge >= 0.3 is 0 Å². The van der Waals surface area contributed by atoms with E-state index in [-0.39, 0.29) is 0 Å². The first kappa shape index (κ1) is 14.6. The van der Waals surface area contributed by atoms with E-state index in [1.165, 1.54) is 0 Å². The molecule has 1 aromatic carbocycles. The average molecular weight is 318 g/mol. The first-order valence-electron chi connectivity index (χ1n) is 8.09. The quantitative estimate of drug-likeness (QED) is 0.591. The Morgan fingerprint density at radius 3 is 2.75 bits per heavy atom. The molecule has 0 saturated heterocycles. The van der Waals surface area contributed by atoms with Crippen LogP contribution in [0.4, 0.5) is 0 Å². The predicted octanol–water partition coefficient (Wildman–Crippen LogP) is 3.29. The molecule has 4 rings (SSSR count). The summed E-state index contributed by atoms with van der Waals surface area (Å²) in [4.78, 5) is 16.5. The number of hydrogen-bond donors (Lipinski definition) is 2. The van der Waals surface area contributed by atoms with E-state index in [9.17, 15) is 0 Å². The van der Waals surface area contributed by atoms with Crippen LogP contribution in [0.5, 0.6) is 0 Å². The van der Waals surface area contributed by atoms with Gasteiger partial charge in [-0.3, -0.25) is 15.1 Å². The predicted molar refractivity (Wildman–Crippen MR) is 92.5 cm³/mol. The number of H-pyrrole nitrogens is 2. The Kier molecular flexibility index (Phi) is 3.78. The van der Waals surface area contributed by atoms with Gasteiger partial charge in [0.05, 0.1) is 28.5 Å². The minimum absolute atomic E-state index is 0.742. The first-order chi connectivity index (χ1) is 11.8. The normalized spacial score (nSPS) is 11.2. The van der Waals surface area contributed by atoms with Gasteiger partial charge in [0.1, 0.15) is 5.82 Å². The third-order valence-corrected chi connectivity index (χ3v) is 4.04. The second-order valence-corrected chi connectivity index (χ2v) is 5.83. The second kappa shape index (κ2) is 6.23. The number of aryl methyl sites for hydroxylation is 1. The lowest BCUT2D eigenvalue weighted by Crippen LogP contribution is -1.94. The summed E-state index contributed by atoms with van der Waals surface area (Å²) < 4.78 is 0. The molecular formula is C18H18N6. The Labute approximate surface area is 139 Å². The Hall–Kier alpha value is -3.02. The van der Waals surface area contributed by atoms with Crippen molar-refractivity contribution in [2.45, 2.75) is 26.2 Å². The van der Waals surface area contributed by atoms with Crippen molar-refractivity contribution < 1.29 is 0 Å². The molecule has 0 aliphatic carbocycles. The molecule has 0 aliphatic heterocycles. The van der Waals surface area contributed by atoms with E-state index in [2.05, 4.69) is 49.2 Å². The minimum atomic E-state index is 0.742. The lowest BCUT2D eigenvalue weighted by Gasteiger charge is -2.03. The molecule has 120 valence electrons. The molecule has 4 aromatic rings. The SMILES string of the molecule is CCCc1cnc(-c2cn[nH]c2Cc2ccc3nccnc3c2)[nH]1. The number of aromatic amines is 2. The topological polar surface area (TPSA) is 83.1 Å². The van der Waals surface area contributed by atoms with Crippen molar-refractivity contribution in [1.29, 1.82) is 0 Å². The van der Waals surface area contributed by atoms with E-state index in [4.69, 9.17) is 0 Å². The molecule has 0 amide bonds. The Balaban J connectivity index is 1.63. The van der Waals surface area contributed by atoms with Crippen LogP contribution < -0.4 is 0 Å². The Morgan fingerprint density at radius 2 is 1.88 bits per heavy atom. The Morgan fingerprint density at radius 1 is 1.00 bits per heavy atom. The molecule has 0 fully saturated rings. The number of benzene rings is 1. The Bertz CT molecular complexity index is 968. The first-order valence-corrected chi connectivity index (χ1v) is 8.09. The number of hydrogen-bond acceptors (Lipinski definition) is 4. The summed E-state index contributed by atoms with van der Waals surface area (Å²) in [5, 5.41) is 7.30. The van der Waals surface area contributed by atoms with E-state index in [1.54, 1.807) is 12.4 Å². The van der Waals surface area contributed by atoms with Gasteiger partial charge in [0, 0.05) is 30.7 Å². The van der Waals surface area contributed by atoms with E-state index in [1.807, 2.05) is 18.5 Å². The zero-order valence-corrected chi connectivity index (χ0v) is 13.5. The fraction of sp³-hybridized carbons (Fsp3) is 0.222. The number of aromatic nitrogens is 6. The van der Waals surface area contributed by atoms with E-state index < -0.39 is 0 Å². The van der Waals surface area contributed by atoms with Crippen molar-refractivity contribution >= 4 is 11.0 Å². The zero-order chi connectivity index (χ0) is 16.4. The van der Waals surface area contributed by atoms with Gasteiger partial charge in [-0.15, -0.1) is 0 Å². The highest BCUT2D eigenvalue weighted by molar-refractivity contribution is 5.74. The largest absolute Gasteiger partial charge is 0.342 e. The molecule has 2 N–H and O–H groups in total. The van der Waals surface area contributed by atoms with Crippen molar-refractivity contribution in [1.82, 2.24) is 30.1 Å². The second-order valence-electron chi connectivity index (χ2n) is 5.83. The van der Waals surface area contributed by atoms with Gasteiger partial charge < -0.3 is 4.98 Å². The number of imidazole rings is 1. The van der Waals surface area contributed by atoms with Gasteiger partial charge in [0.2, 0.25) is 0 Å². The van der Waals surface area contributed by atoms with Gasteiger partial charge in [-0.25, -0.2) is 4.98 Å². The van der Waals surface area contributed by atoms with Crippen LogP contribution in [0.3, 0.4) is 0 Å². The summed E-state index contributed by atoms with van der Waals surface area (Å²) >= 11 is 0. The van der Waals surface area contributed by atoms with Gasteiger partial charge in [0.15, 0.2) is 0 Å². The van der Waals surface area contributed by atoms with Crippen LogP contribution in [0.15, 0.2) is 43.0 Å². The molecule has 0 aliphatic rings. The van der Waals surface area contributed by atoms with E-state index >= 15 is 0 Å². The summed E-state index contributed by atoms with van der Waals surface area (Å²) in [7, 11) is 0. The van der Waals surface area contributed by atoms with E-state index in [0.717, 1.165) is 58.6 Å². The summed E-state index contributed by atoms with van der Waals surface area (Å²) in [5.41, 5.74) is 6.17. The molecule has 3 aromatic heterocycles. The summed E-state index contributed by atoms with van der Waals surface area (Å²) in [5.74, 6) is 0.864. The van der Waals surface area contributed by atoms with Crippen LogP contribution >= 0.6 is 0 Å². The molecular weight excluding hydrogens is 300 g/mol. The maximum atomic E-state index is 4.49. The van der Waals surface area contributed by atoms with Gasteiger partial charge in [-0.2, -0.15) is 5.10 Å². The highest BCUT2D eigenvalue weighted by atomic mass is 15.1. The van der Waals surface area contributed by atoms with Crippen molar-refractivity contribution in [3.8, 4) is 11.4 Å². The molecule has 0 atom stereocenters. The maximum Gasteiger partial charge on any atom is 0.140 e. The maximum absolute atomic E-state index is 4.49. The van der Waals surface area contributed by atoms with Crippen LogP contribution in [-0.2, 0) is 12.8 Å². The fourth-order valence-electron chi connectivity index (χ4n) is 2.87. The van der Waals surface area contributed by atoms with Crippen LogP contribution in [0.1, 0.15) is 30.3 Å². The minimum Gasteiger partial charge on any atom is -0.342 e.